The van der Waals surface area contributed by atoms with Gasteiger partial charge in [0, 0.05) is 37.9 Å². The van der Waals surface area contributed by atoms with Gasteiger partial charge in [0.05, 0.1) is 20.8 Å². The minimum atomic E-state index is 0.0149. The Kier molecular flexibility index (Phi) is 11.2. The minimum Gasteiger partial charge on any atom is -0.493 e. The lowest BCUT2D eigenvalue weighted by Gasteiger charge is -2.36. The number of carbonyl (C=O) groups excluding carboxylic acids is 1. The Bertz CT molecular complexity index is 1020. The number of anilines is 1. The number of carbonyl (C=O) groups is 1. The highest BCUT2D eigenvalue weighted by molar-refractivity contribution is 5.92. The maximum atomic E-state index is 12.9. The van der Waals surface area contributed by atoms with Crippen molar-refractivity contribution >= 4 is 17.7 Å². The van der Waals surface area contributed by atoms with Crippen molar-refractivity contribution in [3.05, 3.63) is 53.1 Å². The van der Waals surface area contributed by atoms with Crippen LogP contribution in [0.4, 0.5) is 5.69 Å². The van der Waals surface area contributed by atoms with E-state index in [1.165, 1.54) is 42.5 Å². The molecular weight excluding hydrogens is 464 g/mol. The fourth-order valence-corrected chi connectivity index (χ4v) is 4.58. The summed E-state index contributed by atoms with van der Waals surface area (Å²) < 4.78 is 17.2. The van der Waals surface area contributed by atoms with E-state index in [2.05, 4.69) is 43.9 Å². The fourth-order valence-electron chi connectivity index (χ4n) is 4.58. The molecule has 0 aromatic heterocycles. The van der Waals surface area contributed by atoms with Crippen molar-refractivity contribution in [2.24, 2.45) is 0 Å². The lowest BCUT2D eigenvalue weighted by molar-refractivity contribution is -0.126. The third kappa shape index (κ3) is 8.17. The number of benzene rings is 2. The van der Waals surface area contributed by atoms with Gasteiger partial charge in [0.15, 0.2) is 11.5 Å². The molecule has 1 heterocycles. The summed E-state index contributed by atoms with van der Waals surface area (Å²) in [5.74, 6) is 1.85. The number of aryl methyl sites for hydroxylation is 2. The highest BCUT2D eigenvalue weighted by Crippen LogP contribution is 2.39. The van der Waals surface area contributed by atoms with E-state index in [9.17, 15) is 4.79 Å². The van der Waals surface area contributed by atoms with E-state index in [0.29, 0.717) is 36.9 Å². The van der Waals surface area contributed by atoms with Gasteiger partial charge in [0.25, 0.3) is 0 Å². The molecule has 37 heavy (non-hydrogen) atoms. The molecule has 2 aromatic rings. The van der Waals surface area contributed by atoms with E-state index in [1.54, 1.807) is 20.3 Å². The number of ether oxygens (including phenoxy) is 3. The number of methoxy groups -OCH3 is 2. The summed E-state index contributed by atoms with van der Waals surface area (Å²) in [6, 6.07) is 10.3. The summed E-state index contributed by atoms with van der Waals surface area (Å²) >= 11 is 0. The Morgan fingerprint density at radius 1 is 0.865 bits per heavy atom. The molecule has 0 aliphatic carbocycles. The second-order valence-electron chi connectivity index (χ2n) is 9.79. The molecule has 1 aliphatic rings. The monoisotopic (exact) mass is 508 g/mol. The SMILES string of the molecule is CCCCCCCCOc1c(OC)cc(/C=C\C(=O)N2CCN(c3ccc(C)c(C)c3)CC2)cc1OC. The van der Waals surface area contributed by atoms with Crippen LogP contribution in [-0.4, -0.2) is 57.8 Å². The Morgan fingerprint density at radius 2 is 1.51 bits per heavy atom. The first-order valence-electron chi connectivity index (χ1n) is 13.6. The Morgan fingerprint density at radius 3 is 2.14 bits per heavy atom. The molecule has 1 amide bonds. The summed E-state index contributed by atoms with van der Waals surface area (Å²) in [5.41, 5.74) is 4.66. The molecule has 0 bridgehead atoms. The molecule has 0 atom stereocenters. The lowest BCUT2D eigenvalue weighted by Crippen LogP contribution is -2.48. The van der Waals surface area contributed by atoms with Gasteiger partial charge in [-0.2, -0.15) is 0 Å². The Hall–Kier alpha value is -3.15. The van der Waals surface area contributed by atoms with Crippen molar-refractivity contribution in [1.29, 1.82) is 0 Å². The van der Waals surface area contributed by atoms with Crippen LogP contribution in [0.2, 0.25) is 0 Å². The van der Waals surface area contributed by atoms with E-state index >= 15 is 0 Å². The summed E-state index contributed by atoms with van der Waals surface area (Å²) in [6.07, 6.45) is 10.7. The first-order valence-corrected chi connectivity index (χ1v) is 13.6. The van der Waals surface area contributed by atoms with Gasteiger partial charge in [-0.05, 0) is 67.3 Å². The number of hydrogen-bond acceptors (Lipinski definition) is 5. The maximum Gasteiger partial charge on any atom is 0.246 e. The quantitative estimate of drug-likeness (QED) is 0.231. The zero-order valence-electron chi connectivity index (χ0n) is 23.3. The number of piperazine rings is 1. The van der Waals surface area contributed by atoms with E-state index in [1.807, 2.05) is 23.1 Å². The van der Waals surface area contributed by atoms with Crippen LogP contribution in [0.15, 0.2) is 36.4 Å². The number of nitrogens with zero attached hydrogens (tertiary/aromatic N) is 2. The van der Waals surface area contributed by atoms with Gasteiger partial charge in [-0.3, -0.25) is 4.79 Å². The zero-order chi connectivity index (χ0) is 26.6. The molecule has 0 saturated carbocycles. The Balaban J connectivity index is 1.56. The van der Waals surface area contributed by atoms with Crippen molar-refractivity contribution in [1.82, 2.24) is 4.90 Å². The van der Waals surface area contributed by atoms with Crippen molar-refractivity contribution in [3.8, 4) is 17.2 Å². The largest absolute Gasteiger partial charge is 0.493 e. The number of hydrogen-bond donors (Lipinski definition) is 0. The molecule has 3 rings (SSSR count). The number of unbranched alkanes of at least 4 members (excludes halogenated alkanes) is 5. The summed E-state index contributed by atoms with van der Waals surface area (Å²) in [4.78, 5) is 17.1. The second kappa shape index (κ2) is 14.6. The van der Waals surface area contributed by atoms with Crippen LogP contribution in [0.3, 0.4) is 0 Å². The number of amides is 1. The standard InChI is InChI=1S/C31H44N2O4/c1-6-7-8-9-10-11-20-37-31-28(35-4)22-26(23-29(31)36-5)13-15-30(34)33-18-16-32(17-19-33)27-14-12-24(2)25(3)21-27/h12-15,21-23H,6-11,16-20H2,1-5H3/b15-13-. The van der Waals surface area contributed by atoms with Crippen molar-refractivity contribution in [3.63, 3.8) is 0 Å². The highest BCUT2D eigenvalue weighted by atomic mass is 16.5. The van der Waals surface area contributed by atoms with Gasteiger partial charge in [-0.25, -0.2) is 0 Å². The molecule has 0 N–H and O–H groups in total. The topological polar surface area (TPSA) is 51.2 Å². The molecule has 0 spiro atoms. The average Bonchev–Trinajstić information content (AvgIpc) is 2.92. The first-order chi connectivity index (χ1) is 18.0. The van der Waals surface area contributed by atoms with Crippen molar-refractivity contribution in [2.75, 3.05) is 51.9 Å². The van der Waals surface area contributed by atoms with Crippen LogP contribution in [-0.2, 0) is 4.79 Å². The third-order valence-corrected chi connectivity index (χ3v) is 7.09. The van der Waals surface area contributed by atoms with E-state index in [-0.39, 0.29) is 5.91 Å². The maximum absolute atomic E-state index is 12.9. The van der Waals surface area contributed by atoms with Crippen LogP contribution in [0.5, 0.6) is 17.2 Å². The van der Waals surface area contributed by atoms with Crippen LogP contribution in [0.25, 0.3) is 6.08 Å². The lowest BCUT2D eigenvalue weighted by atomic mass is 10.1. The highest BCUT2D eigenvalue weighted by Gasteiger charge is 2.20. The molecule has 1 aliphatic heterocycles. The van der Waals surface area contributed by atoms with Crippen LogP contribution in [0.1, 0.15) is 62.1 Å². The van der Waals surface area contributed by atoms with Gasteiger partial charge in [-0.15, -0.1) is 0 Å². The normalized spacial score (nSPS) is 13.8. The molecule has 0 unspecified atom stereocenters. The van der Waals surface area contributed by atoms with Crippen molar-refractivity contribution in [2.45, 2.75) is 59.3 Å². The minimum absolute atomic E-state index is 0.0149. The van der Waals surface area contributed by atoms with Crippen LogP contribution < -0.4 is 19.1 Å². The van der Waals surface area contributed by atoms with Crippen LogP contribution in [0, 0.1) is 13.8 Å². The van der Waals surface area contributed by atoms with Gasteiger partial charge in [-0.1, -0.05) is 45.1 Å². The van der Waals surface area contributed by atoms with Crippen molar-refractivity contribution < 1.29 is 19.0 Å². The molecule has 1 fully saturated rings. The molecule has 0 radical (unpaired) electrons. The molecule has 1 saturated heterocycles. The number of rotatable bonds is 13. The molecular formula is C31H44N2O4. The molecule has 2 aromatic carbocycles. The molecule has 6 nitrogen and oxygen atoms in total. The summed E-state index contributed by atoms with van der Waals surface area (Å²) in [7, 11) is 3.25. The van der Waals surface area contributed by atoms with E-state index < -0.39 is 0 Å². The van der Waals surface area contributed by atoms with Gasteiger partial charge < -0.3 is 24.0 Å². The van der Waals surface area contributed by atoms with Gasteiger partial charge in [0.1, 0.15) is 0 Å². The predicted octanol–water partition coefficient (Wildman–Crippen LogP) is 6.42. The first kappa shape index (κ1) is 28.4. The van der Waals surface area contributed by atoms with E-state index in [0.717, 1.165) is 31.5 Å². The zero-order valence-corrected chi connectivity index (χ0v) is 23.3. The van der Waals surface area contributed by atoms with Gasteiger partial charge >= 0.3 is 0 Å². The van der Waals surface area contributed by atoms with E-state index in [4.69, 9.17) is 14.2 Å². The average molecular weight is 509 g/mol. The predicted molar refractivity (Wildman–Crippen MR) is 152 cm³/mol. The van der Waals surface area contributed by atoms with Crippen LogP contribution >= 0.6 is 0 Å². The summed E-state index contributed by atoms with van der Waals surface area (Å²) in [6.45, 7) is 10.2. The molecule has 202 valence electrons. The summed E-state index contributed by atoms with van der Waals surface area (Å²) in [5, 5.41) is 0. The molecule has 6 heteroatoms. The second-order valence-corrected chi connectivity index (χ2v) is 9.79. The third-order valence-electron chi connectivity index (χ3n) is 7.09. The Labute approximate surface area is 223 Å². The fraction of sp³-hybridized carbons (Fsp3) is 0.516. The smallest absolute Gasteiger partial charge is 0.246 e. The van der Waals surface area contributed by atoms with Gasteiger partial charge in [0.2, 0.25) is 11.7 Å².